The minimum atomic E-state index is -0.204. The maximum Gasteiger partial charge on any atom is 0.271 e. The molecule has 5 heteroatoms. The molecule has 0 spiro atoms. The van der Waals surface area contributed by atoms with Crippen LogP contribution in [0.1, 0.15) is 29.8 Å². The second kappa shape index (κ2) is 6.10. The SMILES string of the molecule is O=C(NCC1CCC(O)C1)c1ccn(-c2ccccc2)n1. The Kier molecular flexibility index (Phi) is 4.01. The predicted octanol–water partition coefficient (Wildman–Crippen LogP) is 1.76. The molecule has 0 bridgehead atoms. The molecule has 1 amide bonds. The zero-order chi connectivity index (χ0) is 14.7. The number of benzene rings is 1. The van der Waals surface area contributed by atoms with Gasteiger partial charge in [-0.1, -0.05) is 18.2 Å². The van der Waals surface area contributed by atoms with E-state index < -0.39 is 0 Å². The van der Waals surface area contributed by atoms with Crippen LogP contribution in [0.5, 0.6) is 0 Å². The van der Waals surface area contributed by atoms with E-state index in [4.69, 9.17) is 0 Å². The normalized spacial score (nSPS) is 21.4. The van der Waals surface area contributed by atoms with Crippen LogP contribution in [-0.2, 0) is 0 Å². The molecule has 5 nitrogen and oxygen atoms in total. The third-order valence-electron chi connectivity index (χ3n) is 3.91. The molecular weight excluding hydrogens is 266 g/mol. The summed E-state index contributed by atoms with van der Waals surface area (Å²) in [6.45, 7) is 0.605. The number of hydrogen-bond acceptors (Lipinski definition) is 3. The van der Waals surface area contributed by atoms with Crippen LogP contribution in [0.25, 0.3) is 5.69 Å². The fourth-order valence-electron chi connectivity index (χ4n) is 2.73. The van der Waals surface area contributed by atoms with E-state index in [0.29, 0.717) is 18.2 Å². The molecule has 1 aromatic carbocycles. The van der Waals surface area contributed by atoms with Crippen LogP contribution in [0.3, 0.4) is 0 Å². The lowest BCUT2D eigenvalue weighted by Gasteiger charge is -2.09. The average molecular weight is 285 g/mol. The topological polar surface area (TPSA) is 67.2 Å². The van der Waals surface area contributed by atoms with Crippen molar-refractivity contribution in [2.75, 3.05) is 6.54 Å². The molecule has 1 aliphatic rings. The summed E-state index contributed by atoms with van der Waals surface area (Å²) in [5.41, 5.74) is 1.34. The van der Waals surface area contributed by atoms with Crippen molar-refractivity contribution in [3.8, 4) is 5.69 Å². The molecule has 2 atom stereocenters. The summed E-state index contributed by atoms with van der Waals surface area (Å²) >= 11 is 0. The summed E-state index contributed by atoms with van der Waals surface area (Å²) in [5.74, 6) is 0.214. The van der Waals surface area contributed by atoms with Crippen LogP contribution in [0.15, 0.2) is 42.6 Å². The van der Waals surface area contributed by atoms with Gasteiger partial charge in [0.25, 0.3) is 5.91 Å². The van der Waals surface area contributed by atoms with Gasteiger partial charge in [0.15, 0.2) is 5.69 Å². The highest BCUT2D eigenvalue weighted by atomic mass is 16.3. The number of aromatic nitrogens is 2. The molecular formula is C16H19N3O2. The van der Waals surface area contributed by atoms with Crippen molar-refractivity contribution in [2.45, 2.75) is 25.4 Å². The molecule has 0 aliphatic heterocycles. The van der Waals surface area contributed by atoms with Gasteiger partial charge in [-0.15, -0.1) is 0 Å². The lowest BCUT2D eigenvalue weighted by atomic mass is 10.1. The van der Waals surface area contributed by atoms with E-state index in [-0.39, 0.29) is 12.0 Å². The number of aliphatic hydroxyl groups is 1. The second-order valence-corrected chi connectivity index (χ2v) is 5.52. The number of carbonyl (C=O) groups excluding carboxylic acids is 1. The number of rotatable bonds is 4. The molecule has 0 radical (unpaired) electrons. The third-order valence-corrected chi connectivity index (χ3v) is 3.91. The minimum Gasteiger partial charge on any atom is -0.393 e. The first-order valence-corrected chi connectivity index (χ1v) is 7.30. The number of aliphatic hydroxyl groups excluding tert-OH is 1. The lowest BCUT2D eigenvalue weighted by Crippen LogP contribution is -2.29. The Morgan fingerprint density at radius 3 is 2.81 bits per heavy atom. The van der Waals surface area contributed by atoms with Crippen LogP contribution >= 0.6 is 0 Å². The lowest BCUT2D eigenvalue weighted by molar-refractivity contribution is 0.0939. The van der Waals surface area contributed by atoms with E-state index in [1.807, 2.05) is 30.3 Å². The summed E-state index contributed by atoms with van der Waals surface area (Å²) in [6.07, 6.45) is 4.16. The maximum atomic E-state index is 12.1. The maximum absolute atomic E-state index is 12.1. The van der Waals surface area contributed by atoms with Crippen LogP contribution in [0.2, 0.25) is 0 Å². The van der Waals surface area contributed by atoms with Crippen LogP contribution in [0, 0.1) is 5.92 Å². The van der Waals surface area contributed by atoms with Gasteiger partial charge < -0.3 is 10.4 Å². The standard InChI is InChI=1S/C16H19N3O2/c20-14-7-6-12(10-14)11-17-16(21)15-8-9-19(18-15)13-4-2-1-3-5-13/h1-5,8-9,12,14,20H,6-7,10-11H2,(H,17,21). The van der Waals surface area contributed by atoms with Crippen molar-refractivity contribution in [3.63, 3.8) is 0 Å². The van der Waals surface area contributed by atoms with Gasteiger partial charge in [0.1, 0.15) is 0 Å². The van der Waals surface area contributed by atoms with Crippen molar-refractivity contribution in [1.82, 2.24) is 15.1 Å². The zero-order valence-corrected chi connectivity index (χ0v) is 11.8. The summed E-state index contributed by atoms with van der Waals surface area (Å²) in [5, 5.41) is 16.7. The molecule has 0 saturated heterocycles. The molecule has 1 aliphatic carbocycles. The minimum absolute atomic E-state index is 0.161. The Morgan fingerprint density at radius 2 is 2.10 bits per heavy atom. The number of para-hydroxylation sites is 1. The van der Waals surface area contributed by atoms with Crippen LogP contribution in [-0.4, -0.2) is 33.4 Å². The van der Waals surface area contributed by atoms with Gasteiger partial charge in [-0.2, -0.15) is 5.10 Å². The van der Waals surface area contributed by atoms with Crippen molar-refractivity contribution >= 4 is 5.91 Å². The second-order valence-electron chi connectivity index (χ2n) is 5.52. The molecule has 2 aromatic rings. The third kappa shape index (κ3) is 3.31. The highest BCUT2D eigenvalue weighted by Gasteiger charge is 2.23. The molecule has 2 N–H and O–H groups in total. The van der Waals surface area contributed by atoms with Gasteiger partial charge in [-0.25, -0.2) is 4.68 Å². The van der Waals surface area contributed by atoms with Crippen LogP contribution in [0.4, 0.5) is 0 Å². The average Bonchev–Trinajstić information content (AvgIpc) is 3.15. The van der Waals surface area contributed by atoms with Crippen LogP contribution < -0.4 is 5.32 Å². The van der Waals surface area contributed by atoms with Gasteiger partial charge in [-0.05, 0) is 43.4 Å². The largest absolute Gasteiger partial charge is 0.393 e. The van der Waals surface area contributed by atoms with Crippen molar-refractivity contribution in [2.24, 2.45) is 5.92 Å². The Hall–Kier alpha value is -2.14. The van der Waals surface area contributed by atoms with E-state index in [1.54, 1.807) is 16.9 Å². The summed E-state index contributed by atoms with van der Waals surface area (Å²) < 4.78 is 1.69. The first kappa shape index (κ1) is 13.8. The molecule has 3 rings (SSSR count). The Bertz CT molecular complexity index is 609. The molecule has 1 fully saturated rings. The van der Waals surface area contributed by atoms with E-state index in [1.165, 1.54) is 0 Å². The van der Waals surface area contributed by atoms with Crippen molar-refractivity contribution in [3.05, 3.63) is 48.3 Å². The first-order valence-electron chi connectivity index (χ1n) is 7.30. The highest BCUT2D eigenvalue weighted by molar-refractivity contribution is 5.92. The number of carbonyl (C=O) groups is 1. The van der Waals surface area contributed by atoms with E-state index in [9.17, 15) is 9.90 Å². The quantitative estimate of drug-likeness (QED) is 0.899. The van der Waals surface area contributed by atoms with E-state index in [2.05, 4.69) is 10.4 Å². The monoisotopic (exact) mass is 285 g/mol. The molecule has 1 heterocycles. The molecule has 1 saturated carbocycles. The van der Waals surface area contributed by atoms with Gasteiger partial charge in [0.2, 0.25) is 0 Å². The van der Waals surface area contributed by atoms with Gasteiger partial charge in [-0.3, -0.25) is 4.79 Å². The van der Waals surface area contributed by atoms with Crippen molar-refractivity contribution < 1.29 is 9.90 Å². The Labute approximate surface area is 123 Å². The smallest absolute Gasteiger partial charge is 0.271 e. The number of nitrogens with one attached hydrogen (secondary N) is 1. The van der Waals surface area contributed by atoms with Gasteiger partial charge in [0, 0.05) is 12.7 Å². The fourth-order valence-corrected chi connectivity index (χ4v) is 2.73. The van der Waals surface area contributed by atoms with E-state index >= 15 is 0 Å². The number of nitrogens with zero attached hydrogens (tertiary/aromatic N) is 2. The first-order chi connectivity index (χ1) is 10.2. The molecule has 2 unspecified atom stereocenters. The Balaban J connectivity index is 1.59. The van der Waals surface area contributed by atoms with Gasteiger partial charge >= 0.3 is 0 Å². The summed E-state index contributed by atoms with van der Waals surface area (Å²) in [6, 6.07) is 11.4. The van der Waals surface area contributed by atoms with Gasteiger partial charge in [0.05, 0.1) is 11.8 Å². The molecule has 1 aromatic heterocycles. The highest BCUT2D eigenvalue weighted by Crippen LogP contribution is 2.24. The fraction of sp³-hybridized carbons (Fsp3) is 0.375. The summed E-state index contributed by atoms with van der Waals surface area (Å²) in [4.78, 5) is 12.1. The number of hydrogen-bond donors (Lipinski definition) is 2. The summed E-state index contributed by atoms with van der Waals surface area (Å²) in [7, 11) is 0. The zero-order valence-electron chi connectivity index (χ0n) is 11.8. The number of amides is 1. The van der Waals surface area contributed by atoms with E-state index in [0.717, 1.165) is 24.9 Å². The predicted molar refractivity (Wildman–Crippen MR) is 79.2 cm³/mol. The Morgan fingerprint density at radius 1 is 1.29 bits per heavy atom. The molecule has 110 valence electrons. The van der Waals surface area contributed by atoms with Crippen molar-refractivity contribution in [1.29, 1.82) is 0 Å². The molecule has 21 heavy (non-hydrogen) atoms.